The number of hydrogen-bond donors (Lipinski definition) is 3. The van der Waals surface area contributed by atoms with Gasteiger partial charge in [-0.05, 0) is 43.0 Å². The van der Waals surface area contributed by atoms with Gasteiger partial charge in [0, 0.05) is 24.8 Å². The van der Waals surface area contributed by atoms with Crippen molar-refractivity contribution in [3.8, 4) is 0 Å². The highest BCUT2D eigenvalue weighted by Crippen LogP contribution is 2.29. The van der Waals surface area contributed by atoms with E-state index in [4.69, 9.17) is 5.73 Å². The summed E-state index contributed by atoms with van der Waals surface area (Å²) in [6.07, 6.45) is 5.01. The van der Waals surface area contributed by atoms with E-state index in [9.17, 15) is 8.42 Å². The van der Waals surface area contributed by atoms with Gasteiger partial charge >= 0.3 is 0 Å². The molecule has 0 radical (unpaired) electrons. The molecule has 2 rings (SSSR count). The van der Waals surface area contributed by atoms with Crippen LogP contribution < -0.4 is 15.8 Å². The van der Waals surface area contributed by atoms with E-state index in [1.165, 1.54) is 25.7 Å². The molecule has 1 unspecified atom stereocenters. The van der Waals surface area contributed by atoms with Gasteiger partial charge in [0.15, 0.2) is 0 Å². The lowest BCUT2D eigenvalue weighted by molar-refractivity contribution is 0.462. The second-order valence-corrected chi connectivity index (χ2v) is 7.32. The Morgan fingerprint density at radius 1 is 1.24 bits per heavy atom. The normalized spacial score (nSPS) is 17.8. The number of hydrogen-bond acceptors (Lipinski definition) is 4. The van der Waals surface area contributed by atoms with Crippen molar-refractivity contribution in [2.24, 2.45) is 11.7 Å². The Morgan fingerprint density at radius 2 is 1.86 bits per heavy atom. The first kappa shape index (κ1) is 16.3. The largest absolute Gasteiger partial charge is 0.381 e. The number of benzene rings is 1. The van der Waals surface area contributed by atoms with Crippen molar-refractivity contribution in [1.29, 1.82) is 0 Å². The van der Waals surface area contributed by atoms with Gasteiger partial charge in [-0.1, -0.05) is 19.8 Å². The first-order valence-electron chi connectivity index (χ1n) is 7.63. The van der Waals surface area contributed by atoms with Crippen molar-refractivity contribution in [2.45, 2.75) is 43.5 Å². The average Bonchev–Trinajstić information content (AvgIpc) is 2.99. The Labute approximate surface area is 127 Å². The van der Waals surface area contributed by atoms with Gasteiger partial charge in [0.25, 0.3) is 0 Å². The maximum absolute atomic E-state index is 11.9. The molecule has 1 saturated carbocycles. The van der Waals surface area contributed by atoms with Crippen LogP contribution >= 0.6 is 0 Å². The summed E-state index contributed by atoms with van der Waals surface area (Å²) in [6.45, 7) is 2.75. The fourth-order valence-electron chi connectivity index (χ4n) is 2.95. The number of nitrogens with two attached hydrogens (primary N) is 1. The van der Waals surface area contributed by atoms with Crippen LogP contribution in [-0.4, -0.2) is 27.5 Å². The van der Waals surface area contributed by atoms with E-state index >= 15 is 0 Å². The molecule has 21 heavy (non-hydrogen) atoms. The molecule has 1 aromatic carbocycles. The Hall–Kier alpha value is -1.11. The molecule has 118 valence electrons. The monoisotopic (exact) mass is 311 g/mol. The maximum Gasteiger partial charge on any atom is 0.240 e. The van der Waals surface area contributed by atoms with E-state index in [1.807, 2.05) is 12.1 Å². The highest BCUT2D eigenvalue weighted by Gasteiger charge is 2.23. The van der Waals surface area contributed by atoms with Crippen molar-refractivity contribution in [3.05, 3.63) is 24.3 Å². The van der Waals surface area contributed by atoms with Crippen LogP contribution in [0.15, 0.2) is 29.2 Å². The van der Waals surface area contributed by atoms with Crippen LogP contribution in [0.25, 0.3) is 0 Å². The smallest absolute Gasteiger partial charge is 0.240 e. The highest BCUT2D eigenvalue weighted by atomic mass is 32.2. The summed E-state index contributed by atoms with van der Waals surface area (Å²) < 4.78 is 26.2. The minimum absolute atomic E-state index is 0.267. The van der Waals surface area contributed by atoms with Crippen LogP contribution in [0.1, 0.15) is 32.6 Å². The summed E-state index contributed by atoms with van der Waals surface area (Å²) in [7, 11) is -3.38. The Morgan fingerprint density at radius 3 is 2.38 bits per heavy atom. The second kappa shape index (κ2) is 7.24. The van der Waals surface area contributed by atoms with Crippen molar-refractivity contribution >= 4 is 15.7 Å². The van der Waals surface area contributed by atoms with Gasteiger partial charge in [0.1, 0.15) is 0 Å². The van der Waals surface area contributed by atoms with E-state index in [2.05, 4.69) is 10.0 Å². The number of nitrogens with one attached hydrogen (secondary N) is 2. The zero-order valence-electron chi connectivity index (χ0n) is 12.5. The van der Waals surface area contributed by atoms with Gasteiger partial charge in [-0.3, -0.25) is 0 Å². The number of rotatable bonds is 7. The van der Waals surface area contributed by atoms with Crippen molar-refractivity contribution < 1.29 is 8.42 Å². The molecular weight excluding hydrogens is 286 g/mol. The number of anilines is 1. The van der Waals surface area contributed by atoms with Gasteiger partial charge in [-0.2, -0.15) is 0 Å². The summed E-state index contributed by atoms with van der Waals surface area (Å²) in [4.78, 5) is 0.292. The van der Waals surface area contributed by atoms with Crippen LogP contribution in [0.2, 0.25) is 0 Å². The lowest BCUT2D eigenvalue weighted by atomic mass is 9.98. The Balaban J connectivity index is 2.04. The summed E-state index contributed by atoms with van der Waals surface area (Å²) in [5, 5.41) is 3.44. The first-order chi connectivity index (χ1) is 10.1. The SMILES string of the molecule is CCNS(=O)(=O)c1ccc(NC(CN)C2CCCC2)cc1. The molecule has 4 N–H and O–H groups in total. The van der Waals surface area contributed by atoms with Crippen LogP contribution in [0, 0.1) is 5.92 Å². The predicted molar refractivity (Wildman–Crippen MR) is 85.7 cm³/mol. The molecule has 0 aromatic heterocycles. The molecule has 0 heterocycles. The van der Waals surface area contributed by atoms with E-state index in [1.54, 1.807) is 19.1 Å². The van der Waals surface area contributed by atoms with Gasteiger partial charge in [-0.15, -0.1) is 0 Å². The Kier molecular flexibility index (Phi) is 5.61. The topological polar surface area (TPSA) is 84.2 Å². The third-order valence-electron chi connectivity index (χ3n) is 4.07. The predicted octanol–water partition coefficient (Wildman–Crippen LogP) is 1.91. The maximum atomic E-state index is 11.9. The number of sulfonamides is 1. The van der Waals surface area contributed by atoms with Crippen molar-refractivity contribution in [3.63, 3.8) is 0 Å². The van der Waals surface area contributed by atoms with E-state index < -0.39 is 10.0 Å². The molecule has 0 bridgehead atoms. The van der Waals surface area contributed by atoms with Gasteiger partial charge in [-0.25, -0.2) is 13.1 Å². The van der Waals surface area contributed by atoms with Gasteiger partial charge in [0.05, 0.1) is 4.90 Å². The van der Waals surface area contributed by atoms with Crippen LogP contribution in [0.3, 0.4) is 0 Å². The summed E-state index contributed by atoms with van der Waals surface area (Å²) in [6, 6.07) is 7.14. The standard InChI is InChI=1S/C15H25N3O2S/c1-2-17-21(19,20)14-9-7-13(8-10-14)18-15(11-16)12-5-3-4-6-12/h7-10,12,15,17-18H,2-6,11,16H2,1H3. The van der Waals surface area contributed by atoms with Gasteiger partial charge < -0.3 is 11.1 Å². The molecule has 1 aliphatic rings. The van der Waals surface area contributed by atoms with E-state index in [-0.39, 0.29) is 6.04 Å². The van der Waals surface area contributed by atoms with Crippen LogP contribution in [0.5, 0.6) is 0 Å². The minimum Gasteiger partial charge on any atom is -0.381 e. The van der Waals surface area contributed by atoms with Crippen molar-refractivity contribution in [1.82, 2.24) is 4.72 Å². The highest BCUT2D eigenvalue weighted by molar-refractivity contribution is 7.89. The average molecular weight is 311 g/mol. The van der Waals surface area contributed by atoms with E-state index in [0.29, 0.717) is 23.9 Å². The Bertz CT molecular complexity index is 537. The molecule has 0 aliphatic heterocycles. The third-order valence-corrected chi connectivity index (χ3v) is 5.64. The van der Waals surface area contributed by atoms with Gasteiger partial charge in [0.2, 0.25) is 10.0 Å². The second-order valence-electron chi connectivity index (χ2n) is 5.56. The summed E-state index contributed by atoms with van der Waals surface area (Å²) in [5.74, 6) is 0.625. The quantitative estimate of drug-likeness (QED) is 0.718. The fourth-order valence-corrected chi connectivity index (χ4v) is 3.99. The van der Waals surface area contributed by atoms with Crippen LogP contribution in [0.4, 0.5) is 5.69 Å². The first-order valence-corrected chi connectivity index (χ1v) is 9.11. The third kappa shape index (κ3) is 4.18. The molecule has 0 spiro atoms. The fraction of sp³-hybridized carbons (Fsp3) is 0.600. The minimum atomic E-state index is -3.38. The molecule has 6 heteroatoms. The lowest BCUT2D eigenvalue weighted by Crippen LogP contribution is -2.35. The molecule has 0 saturated heterocycles. The molecule has 1 atom stereocenters. The zero-order valence-corrected chi connectivity index (χ0v) is 13.3. The molecule has 5 nitrogen and oxygen atoms in total. The summed E-state index contributed by atoms with van der Waals surface area (Å²) >= 11 is 0. The molecular formula is C15H25N3O2S. The zero-order chi connectivity index (χ0) is 15.3. The molecule has 1 fully saturated rings. The molecule has 1 aromatic rings. The van der Waals surface area contributed by atoms with E-state index in [0.717, 1.165) is 5.69 Å². The van der Waals surface area contributed by atoms with Crippen molar-refractivity contribution in [2.75, 3.05) is 18.4 Å². The van der Waals surface area contributed by atoms with Crippen LogP contribution in [-0.2, 0) is 10.0 Å². The molecule has 0 amide bonds. The summed E-state index contributed by atoms with van der Waals surface area (Å²) in [5.41, 5.74) is 6.79. The molecule has 1 aliphatic carbocycles. The lowest BCUT2D eigenvalue weighted by Gasteiger charge is -2.24.